The number of halogens is 3. The summed E-state index contributed by atoms with van der Waals surface area (Å²) in [5, 5.41) is 0. The van der Waals surface area contributed by atoms with Crippen LogP contribution in [0.3, 0.4) is 0 Å². The van der Waals surface area contributed by atoms with Crippen molar-refractivity contribution in [1.29, 1.82) is 0 Å². The van der Waals surface area contributed by atoms with E-state index in [1.165, 1.54) is 13.8 Å². The highest BCUT2D eigenvalue weighted by atomic mass is 19.3. The van der Waals surface area contributed by atoms with Gasteiger partial charge in [0.2, 0.25) is 5.95 Å². The molecule has 0 radical (unpaired) electrons. The number of pyridine rings is 1. The van der Waals surface area contributed by atoms with Gasteiger partial charge in [-0.1, -0.05) is 0 Å². The zero-order chi connectivity index (χ0) is 12.3. The topological polar surface area (TPSA) is 39.2 Å². The molecular formula is C10H10F3NO2. The Morgan fingerprint density at radius 2 is 2.19 bits per heavy atom. The molecule has 0 N–H and O–H groups in total. The van der Waals surface area contributed by atoms with Crippen LogP contribution in [0.5, 0.6) is 0 Å². The molecule has 3 nitrogen and oxygen atoms in total. The lowest BCUT2D eigenvalue weighted by Crippen LogP contribution is -2.13. The van der Waals surface area contributed by atoms with E-state index >= 15 is 0 Å². The first kappa shape index (κ1) is 12.5. The number of carbonyl (C=O) groups excluding carboxylic acids is 1. The Balaban J connectivity index is 3.34. The molecule has 1 rings (SSSR count). The number of nitrogens with zero attached hydrogens (tertiary/aromatic N) is 1. The molecule has 0 fully saturated rings. The predicted molar refractivity (Wildman–Crippen MR) is 49.8 cm³/mol. The Kier molecular flexibility index (Phi) is 3.87. The van der Waals surface area contributed by atoms with Crippen molar-refractivity contribution < 1.29 is 22.7 Å². The zero-order valence-electron chi connectivity index (χ0n) is 8.76. The van der Waals surface area contributed by atoms with Crippen molar-refractivity contribution >= 4 is 5.97 Å². The van der Waals surface area contributed by atoms with Crippen LogP contribution in [0.2, 0.25) is 0 Å². The molecule has 16 heavy (non-hydrogen) atoms. The van der Waals surface area contributed by atoms with E-state index in [1.54, 1.807) is 0 Å². The number of esters is 1. The Bertz CT molecular complexity index is 407. The predicted octanol–water partition coefficient (Wildman–Crippen LogP) is 2.64. The smallest absolute Gasteiger partial charge is 0.343 e. The SMILES string of the molecule is CCOC(=O)c1c(F)ncc(C)c1C(F)F. The van der Waals surface area contributed by atoms with E-state index in [0.717, 1.165) is 6.20 Å². The monoisotopic (exact) mass is 233 g/mol. The van der Waals surface area contributed by atoms with Crippen LogP contribution in [-0.4, -0.2) is 17.6 Å². The molecule has 0 bridgehead atoms. The van der Waals surface area contributed by atoms with E-state index in [4.69, 9.17) is 0 Å². The largest absolute Gasteiger partial charge is 0.462 e. The number of carbonyl (C=O) groups is 1. The summed E-state index contributed by atoms with van der Waals surface area (Å²) in [6.07, 6.45) is -1.99. The summed E-state index contributed by atoms with van der Waals surface area (Å²) >= 11 is 0. The fourth-order valence-electron chi connectivity index (χ4n) is 1.27. The summed E-state index contributed by atoms with van der Waals surface area (Å²) < 4.78 is 43.1. The average Bonchev–Trinajstić information content (AvgIpc) is 2.20. The molecule has 1 aromatic rings. The van der Waals surface area contributed by atoms with Crippen LogP contribution in [0.25, 0.3) is 0 Å². The Morgan fingerprint density at radius 3 is 2.69 bits per heavy atom. The van der Waals surface area contributed by atoms with Gasteiger partial charge in [0, 0.05) is 11.8 Å². The third kappa shape index (κ3) is 2.32. The molecule has 0 aliphatic rings. The first-order valence-corrected chi connectivity index (χ1v) is 4.59. The van der Waals surface area contributed by atoms with E-state index in [9.17, 15) is 18.0 Å². The summed E-state index contributed by atoms with van der Waals surface area (Å²) in [5.74, 6) is -2.36. The third-order valence-corrected chi connectivity index (χ3v) is 1.97. The van der Waals surface area contributed by atoms with Gasteiger partial charge in [-0.3, -0.25) is 0 Å². The van der Waals surface area contributed by atoms with E-state index in [2.05, 4.69) is 9.72 Å². The van der Waals surface area contributed by atoms with E-state index < -0.39 is 29.5 Å². The molecule has 1 aromatic heterocycles. The van der Waals surface area contributed by atoms with Crippen molar-refractivity contribution in [1.82, 2.24) is 4.98 Å². The minimum absolute atomic E-state index is 0.0190. The van der Waals surface area contributed by atoms with Crippen LogP contribution < -0.4 is 0 Å². The second kappa shape index (κ2) is 4.96. The van der Waals surface area contributed by atoms with E-state index in [0.29, 0.717) is 0 Å². The summed E-state index contributed by atoms with van der Waals surface area (Å²) in [4.78, 5) is 14.5. The van der Waals surface area contributed by atoms with Gasteiger partial charge in [0.05, 0.1) is 6.61 Å². The van der Waals surface area contributed by atoms with Gasteiger partial charge in [0.15, 0.2) is 0 Å². The van der Waals surface area contributed by atoms with Gasteiger partial charge in [0.1, 0.15) is 5.56 Å². The van der Waals surface area contributed by atoms with Gasteiger partial charge in [-0.25, -0.2) is 18.6 Å². The molecule has 0 spiro atoms. The number of hydrogen-bond acceptors (Lipinski definition) is 3. The van der Waals surface area contributed by atoms with E-state index in [-0.39, 0.29) is 12.2 Å². The summed E-state index contributed by atoms with van der Waals surface area (Å²) in [6.45, 7) is 2.81. The number of alkyl halides is 2. The maximum atomic E-state index is 13.2. The fraction of sp³-hybridized carbons (Fsp3) is 0.400. The number of hydrogen-bond donors (Lipinski definition) is 0. The molecule has 0 atom stereocenters. The minimum atomic E-state index is -2.95. The highest BCUT2D eigenvalue weighted by Gasteiger charge is 2.26. The second-order valence-corrected chi connectivity index (χ2v) is 3.04. The first-order valence-electron chi connectivity index (χ1n) is 4.59. The Labute approximate surface area is 90.2 Å². The number of rotatable bonds is 3. The lowest BCUT2D eigenvalue weighted by atomic mass is 10.1. The molecule has 0 amide bonds. The molecule has 0 unspecified atom stereocenters. The van der Waals surface area contributed by atoms with Crippen LogP contribution in [0.1, 0.15) is 34.8 Å². The van der Waals surface area contributed by atoms with Crippen molar-refractivity contribution in [2.75, 3.05) is 6.61 Å². The van der Waals surface area contributed by atoms with Gasteiger partial charge in [-0.05, 0) is 19.4 Å². The maximum absolute atomic E-state index is 13.2. The van der Waals surface area contributed by atoms with Crippen molar-refractivity contribution in [2.45, 2.75) is 20.3 Å². The van der Waals surface area contributed by atoms with Crippen LogP contribution >= 0.6 is 0 Å². The molecule has 88 valence electrons. The summed E-state index contributed by atoms with van der Waals surface area (Å²) in [7, 11) is 0. The van der Waals surface area contributed by atoms with Crippen molar-refractivity contribution in [3.8, 4) is 0 Å². The lowest BCUT2D eigenvalue weighted by Gasteiger charge is -2.10. The van der Waals surface area contributed by atoms with Gasteiger partial charge in [-0.2, -0.15) is 4.39 Å². The molecular weight excluding hydrogens is 223 g/mol. The molecule has 0 aliphatic heterocycles. The minimum Gasteiger partial charge on any atom is -0.462 e. The number of aromatic nitrogens is 1. The average molecular weight is 233 g/mol. The molecule has 0 aliphatic carbocycles. The quantitative estimate of drug-likeness (QED) is 0.595. The zero-order valence-corrected chi connectivity index (χ0v) is 8.76. The van der Waals surface area contributed by atoms with Gasteiger partial charge >= 0.3 is 5.97 Å². The van der Waals surface area contributed by atoms with Crippen molar-refractivity contribution in [3.63, 3.8) is 0 Å². The van der Waals surface area contributed by atoms with Gasteiger partial charge < -0.3 is 4.74 Å². The standard InChI is InChI=1S/C10H10F3NO2/c1-3-16-10(15)7-6(8(11)12)5(2)4-14-9(7)13/h4,8H,3H2,1-2H3. The Hall–Kier alpha value is -1.59. The highest BCUT2D eigenvalue weighted by Crippen LogP contribution is 2.27. The van der Waals surface area contributed by atoms with E-state index in [1.807, 2.05) is 0 Å². The molecule has 0 saturated heterocycles. The number of ether oxygens (including phenoxy) is 1. The molecule has 0 saturated carbocycles. The van der Waals surface area contributed by atoms with Crippen LogP contribution in [0.15, 0.2) is 6.20 Å². The van der Waals surface area contributed by atoms with Crippen LogP contribution in [0, 0.1) is 12.9 Å². The molecule has 1 heterocycles. The molecule has 6 heteroatoms. The number of aryl methyl sites for hydroxylation is 1. The fourth-order valence-corrected chi connectivity index (χ4v) is 1.27. The molecule has 0 aromatic carbocycles. The van der Waals surface area contributed by atoms with Crippen molar-refractivity contribution in [3.05, 3.63) is 28.8 Å². The van der Waals surface area contributed by atoms with Crippen LogP contribution in [-0.2, 0) is 4.74 Å². The summed E-state index contributed by atoms with van der Waals surface area (Å²) in [6, 6.07) is 0. The highest BCUT2D eigenvalue weighted by molar-refractivity contribution is 5.91. The maximum Gasteiger partial charge on any atom is 0.343 e. The van der Waals surface area contributed by atoms with Crippen molar-refractivity contribution in [2.24, 2.45) is 0 Å². The van der Waals surface area contributed by atoms with Gasteiger partial charge in [0.25, 0.3) is 6.43 Å². The van der Waals surface area contributed by atoms with Gasteiger partial charge in [-0.15, -0.1) is 0 Å². The first-order chi connectivity index (χ1) is 7.49. The second-order valence-electron chi connectivity index (χ2n) is 3.04. The normalized spacial score (nSPS) is 10.6. The lowest BCUT2D eigenvalue weighted by molar-refractivity contribution is 0.0507. The van der Waals surface area contributed by atoms with Crippen LogP contribution in [0.4, 0.5) is 13.2 Å². The third-order valence-electron chi connectivity index (χ3n) is 1.97. The Morgan fingerprint density at radius 1 is 1.56 bits per heavy atom. The summed E-state index contributed by atoms with van der Waals surface area (Å²) in [5.41, 5.74) is -1.39.